The molecule has 0 amide bonds. The number of ether oxygens (including phenoxy) is 2. The fourth-order valence-corrected chi connectivity index (χ4v) is 8.21. The van der Waals surface area contributed by atoms with E-state index in [9.17, 15) is 14.7 Å². The molecule has 1 spiro atoms. The number of carbonyl (C=O) groups is 2. The minimum Gasteiger partial charge on any atom is -0.469 e. The highest BCUT2D eigenvalue weighted by molar-refractivity contribution is 5.81. The van der Waals surface area contributed by atoms with Crippen LogP contribution in [0.1, 0.15) is 58.8 Å². The van der Waals surface area contributed by atoms with Gasteiger partial charge in [-0.25, -0.2) is 0 Å². The molecule has 4 saturated carbocycles. The van der Waals surface area contributed by atoms with Crippen molar-refractivity contribution in [1.82, 2.24) is 0 Å². The van der Waals surface area contributed by atoms with Gasteiger partial charge in [0.15, 0.2) is 0 Å². The van der Waals surface area contributed by atoms with Crippen molar-refractivity contribution >= 4 is 11.9 Å². The van der Waals surface area contributed by atoms with Gasteiger partial charge >= 0.3 is 11.9 Å². The van der Waals surface area contributed by atoms with Crippen LogP contribution in [-0.4, -0.2) is 36.9 Å². The third-order valence-corrected chi connectivity index (χ3v) is 9.03. The van der Waals surface area contributed by atoms with Gasteiger partial charge in [0.25, 0.3) is 0 Å². The molecule has 0 aromatic heterocycles. The smallest absolute Gasteiger partial charge is 0.311 e. The first-order valence-electron chi connectivity index (χ1n) is 10.2. The Morgan fingerprint density at radius 2 is 1.85 bits per heavy atom. The van der Waals surface area contributed by atoms with Crippen LogP contribution in [0.4, 0.5) is 0 Å². The molecule has 2 bridgehead atoms. The Morgan fingerprint density at radius 3 is 2.48 bits per heavy atom. The van der Waals surface area contributed by atoms with Gasteiger partial charge in [0.2, 0.25) is 0 Å². The molecule has 4 fully saturated rings. The fraction of sp³-hybridized carbons (Fsp3) is 0.818. The lowest BCUT2D eigenvalue weighted by molar-refractivity contribution is -0.170. The van der Waals surface area contributed by atoms with Crippen LogP contribution >= 0.6 is 0 Å². The molecule has 0 heterocycles. The molecule has 4 aliphatic rings. The summed E-state index contributed by atoms with van der Waals surface area (Å²) in [7, 11) is 2.86. The van der Waals surface area contributed by atoms with Crippen molar-refractivity contribution in [3.63, 3.8) is 0 Å². The Labute approximate surface area is 161 Å². The zero-order valence-corrected chi connectivity index (χ0v) is 17.0. The normalized spacial score (nSPS) is 50.7. The van der Waals surface area contributed by atoms with Crippen LogP contribution in [0.3, 0.4) is 0 Å². The first kappa shape index (κ1) is 19.0. The van der Waals surface area contributed by atoms with Gasteiger partial charge in [-0.05, 0) is 73.7 Å². The molecule has 5 heteroatoms. The van der Waals surface area contributed by atoms with E-state index in [4.69, 9.17) is 9.47 Å². The molecule has 150 valence electrons. The molecule has 0 aromatic carbocycles. The van der Waals surface area contributed by atoms with E-state index in [0.29, 0.717) is 19.3 Å². The third kappa shape index (κ3) is 2.10. The zero-order chi connectivity index (χ0) is 19.8. The van der Waals surface area contributed by atoms with Crippen LogP contribution in [0, 0.1) is 34.0 Å². The predicted octanol–water partition coefficient (Wildman–Crippen LogP) is 3.25. The van der Waals surface area contributed by atoms with Crippen LogP contribution in [0.2, 0.25) is 0 Å². The highest BCUT2D eigenvalue weighted by Crippen LogP contribution is 2.78. The van der Waals surface area contributed by atoms with Gasteiger partial charge in [0.05, 0.1) is 31.2 Å². The number of aliphatic hydroxyl groups is 1. The number of rotatable bonds is 2. The second-order valence-corrected chi connectivity index (χ2v) is 10.1. The standard InChI is InChI=1S/C22H32O5/c1-13-11-21-12-22(13,25)10-7-14(21)19(2)8-6-9-20(3,18(24)27-5)16(19)15(21)17(23)26-4/h14-16,25H,1,6-12H2,2-5H3/t14-,15+,16-,19-,20+,21-,22-/m0/s1. The van der Waals surface area contributed by atoms with E-state index in [2.05, 4.69) is 13.5 Å². The summed E-state index contributed by atoms with van der Waals surface area (Å²) < 4.78 is 10.5. The molecule has 0 aromatic rings. The van der Waals surface area contributed by atoms with Crippen LogP contribution in [0.15, 0.2) is 12.2 Å². The van der Waals surface area contributed by atoms with E-state index in [1.165, 1.54) is 14.2 Å². The second kappa shape index (κ2) is 5.59. The van der Waals surface area contributed by atoms with Crippen molar-refractivity contribution in [1.29, 1.82) is 0 Å². The first-order chi connectivity index (χ1) is 12.6. The molecule has 7 atom stereocenters. The van der Waals surface area contributed by atoms with E-state index in [0.717, 1.165) is 31.3 Å². The highest BCUT2D eigenvalue weighted by Gasteiger charge is 2.77. The van der Waals surface area contributed by atoms with Gasteiger partial charge in [-0.2, -0.15) is 0 Å². The molecule has 27 heavy (non-hydrogen) atoms. The summed E-state index contributed by atoms with van der Waals surface area (Å²) in [5.41, 5.74) is -1.26. The number of hydrogen-bond donors (Lipinski definition) is 1. The molecule has 1 N–H and O–H groups in total. The number of hydrogen-bond acceptors (Lipinski definition) is 5. The van der Waals surface area contributed by atoms with Crippen molar-refractivity contribution in [3.05, 3.63) is 12.2 Å². The lowest BCUT2D eigenvalue weighted by atomic mass is 9.53. The van der Waals surface area contributed by atoms with Gasteiger partial charge in [0.1, 0.15) is 0 Å². The van der Waals surface area contributed by atoms with Crippen LogP contribution < -0.4 is 0 Å². The van der Waals surface area contributed by atoms with Gasteiger partial charge in [-0.1, -0.05) is 19.9 Å². The monoisotopic (exact) mass is 376 g/mol. The Bertz CT molecular complexity index is 715. The summed E-state index contributed by atoms with van der Waals surface area (Å²) >= 11 is 0. The number of carbonyl (C=O) groups excluding carboxylic acids is 2. The first-order valence-corrected chi connectivity index (χ1v) is 10.2. The molecule has 5 nitrogen and oxygen atoms in total. The Morgan fingerprint density at radius 1 is 1.15 bits per heavy atom. The molecule has 0 unspecified atom stereocenters. The maximum absolute atomic E-state index is 13.2. The Balaban J connectivity index is 1.93. The van der Waals surface area contributed by atoms with E-state index in [-0.39, 0.29) is 34.6 Å². The molecule has 4 rings (SSSR count). The minimum absolute atomic E-state index is 0.142. The van der Waals surface area contributed by atoms with E-state index in [1.807, 2.05) is 6.92 Å². The van der Waals surface area contributed by atoms with Crippen molar-refractivity contribution in [2.24, 2.45) is 34.0 Å². The van der Waals surface area contributed by atoms with Crippen LogP contribution in [0.5, 0.6) is 0 Å². The van der Waals surface area contributed by atoms with E-state index < -0.39 is 16.9 Å². The summed E-state index contributed by atoms with van der Waals surface area (Å²) in [6.45, 7) is 8.41. The van der Waals surface area contributed by atoms with E-state index in [1.54, 1.807) is 0 Å². The average Bonchev–Trinajstić information content (AvgIpc) is 2.97. The molecule has 0 saturated heterocycles. The predicted molar refractivity (Wildman–Crippen MR) is 99.6 cm³/mol. The average molecular weight is 376 g/mol. The summed E-state index contributed by atoms with van der Waals surface area (Å²) in [5.74, 6) is -0.744. The van der Waals surface area contributed by atoms with Crippen LogP contribution in [0.25, 0.3) is 0 Å². The number of esters is 2. The van der Waals surface area contributed by atoms with Gasteiger partial charge in [0, 0.05) is 0 Å². The minimum atomic E-state index is -0.881. The Kier molecular flexibility index (Phi) is 3.93. The molecular weight excluding hydrogens is 344 g/mol. The molecule has 0 aliphatic heterocycles. The Hall–Kier alpha value is -1.36. The third-order valence-electron chi connectivity index (χ3n) is 9.03. The fourth-order valence-electron chi connectivity index (χ4n) is 8.21. The van der Waals surface area contributed by atoms with E-state index >= 15 is 0 Å². The quantitative estimate of drug-likeness (QED) is 0.592. The van der Waals surface area contributed by atoms with Crippen LogP contribution in [-0.2, 0) is 19.1 Å². The summed E-state index contributed by atoms with van der Waals surface area (Å²) in [6, 6.07) is 0. The maximum atomic E-state index is 13.2. The lowest BCUT2D eigenvalue weighted by Crippen LogP contribution is -2.51. The highest BCUT2D eigenvalue weighted by atomic mass is 16.5. The zero-order valence-electron chi connectivity index (χ0n) is 17.0. The topological polar surface area (TPSA) is 72.8 Å². The van der Waals surface area contributed by atoms with Crippen molar-refractivity contribution < 1.29 is 24.2 Å². The van der Waals surface area contributed by atoms with Crippen molar-refractivity contribution in [2.75, 3.05) is 14.2 Å². The SMILES string of the molecule is C=C1C[C@]23C[C@@]1(O)CC[C@H]2[C@]1(C)CCC[C@@](C)(C(=O)OC)[C@H]1[C@@H]3C(=O)OC. The van der Waals surface area contributed by atoms with Gasteiger partial charge in [-0.3, -0.25) is 9.59 Å². The van der Waals surface area contributed by atoms with Gasteiger partial charge < -0.3 is 14.6 Å². The maximum Gasteiger partial charge on any atom is 0.311 e. The lowest BCUT2D eigenvalue weighted by Gasteiger charge is -2.51. The molecule has 0 radical (unpaired) electrons. The number of methoxy groups -OCH3 is 2. The molecular formula is C22H32O5. The molecule has 4 aliphatic carbocycles. The summed E-state index contributed by atoms with van der Waals surface area (Å²) in [5, 5.41) is 11.2. The second-order valence-electron chi connectivity index (χ2n) is 10.1. The summed E-state index contributed by atoms with van der Waals surface area (Å²) in [4.78, 5) is 26.1. The van der Waals surface area contributed by atoms with Gasteiger partial charge in [-0.15, -0.1) is 0 Å². The number of fused-ring (bicyclic) bond motifs is 3. The van der Waals surface area contributed by atoms with Crippen molar-refractivity contribution in [2.45, 2.75) is 64.4 Å². The largest absolute Gasteiger partial charge is 0.469 e. The van der Waals surface area contributed by atoms with Crippen molar-refractivity contribution in [3.8, 4) is 0 Å². The summed E-state index contributed by atoms with van der Waals surface area (Å²) in [6.07, 6.45) is 5.45.